The minimum atomic E-state index is -3.52. The molecule has 0 spiro atoms. The van der Waals surface area contributed by atoms with Crippen molar-refractivity contribution in [3.63, 3.8) is 0 Å². The largest absolute Gasteiger partial charge is 0.403 e. The van der Waals surface area contributed by atoms with Crippen LogP contribution in [0, 0.1) is 13.8 Å². The van der Waals surface area contributed by atoms with Gasteiger partial charge in [-0.3, -0.25) is 10.1 Å². The first-order valence-corrected chi connectivity index (χ1v) is 9.87. The van der Waals surface area contributed by atoms with Gasteiger partial charge in [0.25, 0.3) is 5.91 Å². The Bertz CT molecular complexity index is 1120. The molecule has 0 aliphatic heterocycles. The molecule has 0 saturated carbocycles. The van der Waals surface area contributed by atoms with Gasteiger partial charge >= 0.3 is 6.01 Å². The molecule has 0 aliphatic rings. The van der Waals surface area contributed by atoms with E-state index < -0.39 is 10.0 Å². The summed E-state index contributed by atoms with van der Waals surface area (Å²) in [6.45, 7) is 3.75. The molecule has 1 heterocycles. The lowest BCUT2D eigenvalue weighted by Crippen LogP contribution is -2.22. The number of benzene rings is 2. The Kier molecular flexibility index (Phi) is 5.30. The van der Waals surface area contributed by atoms with Crippen molar-refractivity contribution in [3.8, 4) is 11.5 Å². The van der Waals surface area contributed by atoms with Crippen LogP contribution in [0.25, 0.3) is 11.5 Å². The summed E-state index contributed by atoms with van der Waals surface area (Å²) < 4.78 is 30.9. The zero-order valence-electron chi connectivity index (χ0n) is 15.9. The molecule has 0 saturated heterocycles. The highest BCUT2D eigenvalue weighted by atomic mass is 32.2. The summed E-state index contributed by atoms with van der Waals surface area (Å²) in [5, 5.41) is 10.3. The minimum Gasteiger partial charge on any atom is -0.403 e. The van der Waals surface area contributed by atoms with Crippen LogP contribution in [0.5, 0.6) is 0 Å². The van der Waals surface area contributed by atoms with E-state index in [-0.39, 0.29) is 22.7 Å². The van der Waals surface area contributed by atoms with Crippen molar-refractivity contribution in [1.29, 1.82) is 0 Å². The molecule has 1 amide bonds. The zero-order valence-corrected chi connectivity index (χ0v) is 16.7. The second-order valence-electron chi connectivity index (χ2n) is 6.50. The highest BCUT2D eigenvalue weighted by Gasteiger charge is 2.18. The third-order valence-corrected chi connectivity index (χ3v) is 5.99. The lowest BCUT2D eigenvalue weighted by atomic mass is 10.1. The van der Waals surface area contributed by atoms with Crippen LogP contribution < -0.4 is 5.32 Å². The molecule has 0 atom stereocenters. The number of carbonyl (C=O) groups is 1. The van der Waals surface area contributed by atoms with Crippen LogP contribution in [0.3, 0.4) is 0 Å². The summed E-state index contributed by atoms with van der Waals surface area (Å²) >= 11 is 0. The van der Waals surface area contributed by atoms with Crippen molar-refractivity contribution < 1.29 is 17.6 Å². The predicted octanol–water partition coefficient (Wildman–Crippen LogP) is 2.86. The molecule has 0 aliphatic carbocycles. The molecular weight excluding hydrogens is 380 g/mol. The van der Waals surface area contributed by atoms with Gasteiger partial charge in [0.05, 0.1) is 4.90 Å². The molecule has 9 heteroatoms. The summed E-state index contributed by atoms with van der Waals surface area (Å²) in [7, 11) is -0.586. The van der Waals surface area contributed by atoms with Crippen molar-refractivity contribution in [2.45, 2.75) is 18.7 Å². The lowest BCUT2D eigenvalue weighted by Gasteiger charge is -2.11. The fraction of sp³-hybridized carbons (Fsp3) is 0.211. The number of hydrogen-bond acceptors (Lipinski definition) is 6. The second kappa shape index (κ2) is 7.53. The van der Waals surface area contributed by atoms with Gasteiger partial charge in [-0.1, -0.05) is 22.8 Å². The molecule has 8 nitrogen and oxygen atoms in total. The number of nitrogens with one attached hydrogen (secondary N) is 1. The number of nitrogens with zero attached hydrogens (tertiary/aromatic N) is 3. The summed E-state index contributed by atoms with van der Waals surface area (Å²) in [6, 6.07) is 11.6. The molecule has 0 fully saturated rings. The third kappa shape index (κ3) is 3.95. The molecule has 0 bridgehead atoms. The third-order valence-electron chi connectivity index (χ3n) is 4.16. The van der Waals surface area contributed by atoms with Gasteiger partial charge in [-0.2, -0.15) is 0 Å². The van der Waals surface area contributed by atoms with Crippen molar-refractivity contribution in [3.05, 3.63) is 59.2 Å². The topological polar surface area (TPSA) is 105 Å². The first-order valence-electron chi connectivity index (χ1n) is 8.43. The highest BCUT2D eigenvalue weighted by Crippen LogP contribution is 2.23. The Labute approximate surface area is 163 Å². The molecule has 3 aromatic rings. The molecule has 1 aromatic heterocycles. The number of hydrogen-bond donors (Lipinski definition) is 1. The molecule has 2 aromatic carbocycles. The predicted molar refractivity (Wildman–Crippen MR) is 104 cm³/mol. The van der Waals surface area contributed by atoms with Gasteiger partial charge in [-0.25, -0.2) is 12.7 Å². The van der Waals surface area contributed by atoms with Gasteiger partial charge in [0, 0.05) is 25.2 Å². The Hall–Kier alpha value is -3.04. The molecule has 28 heavy (non-hydrogen) atoms. The normalized spacial score (nSPS) is 11.6. The lowest BCUT2D eigenvalue weighted by molar-refractivity contribution is 0.102. The number of aromatic nitrogens is 2. The van der Waals surface area contributed by atoms with Gasteiger partial charge < -0.3 is 4.42 Å². The van der Waals surface area contributed by atoms with Crippen LogP contribution >= 0.6 is 0 Å². The molecule has 3 rings (SSSR count). The van der Waals surface area contributed by atoms with E-state index in [9.17, 15) is 13.2 Å². The van der Waals surface area contributed by atoms with Crippen LogP contribution in [0.2, 0.25) is 0 Å². The van der Waals surface area contributed by atoms with E-state index in [4.69, 9.17) is 4.42 Å². The number of aryl methyl sites for hydroxylation is 2. The quantitative estimate of drug-likeness (QED) is 0.706. The second-order valence-corrected chi connectivity index (χ2v) is 8.65. The van der Waals surface area contributed by atoms with Crippen LogP contribution in [0.4, 0.5) is 6.01 Å². The number of rotatable bonds is 5. The van der Waals surface area contributed by atoms with E-state index in [1.165, 1.54) is 26.2 Å². The fourth-order valence-electron chi connectivity index (χ4n) is 2.52. The molecule has 146 valence electrons. The summed E-state index contributed by atoms with van der Waals surface area (Å²) in [5.74, 6) is -0.172. The van der Waals surface area contributed by atoms with E-state index in [0.717, 1.165) is 15.4 Å². The van der Waals surface area contributed by atoms with Gasteiger partial charge in [-0.05, 0) is 49.7 Å². The van der Waals surface area contributed by atoms with E-state index in [1.54, 1.807) is 18.2 Å². The molecular formula is C19H20N4O4S. The number of amides is 1. The summed E-state index contributed by atoms with van der Waals surface area (Å²) in [6.07, 6.45) is 0. The van der Waals surface area contributed by atoms with Crippen molar-refractivity contribution in [2.75, 3.05) is 19.4 Å². The first-order chi connectivity index (χ1) is 13.2. The van der Waals surface area contributed by atoms with Gasteiger partial charge in [-0.15, -0.1) is 5.10 Å². The number of anilines is 1. The van der Waals surface area contributed by atoms with E-state index >= 15 is 0 Å². The Balaban J connectivity index is 1.79. The fourth-order valence-corrected chi connectivity index (χ4v) is 3.42. The molecule has 0 unspecified atom stereocenters. The average Bonchev–Trinajstić information content (AvgIpc) is 3.12. The SMILES string of the molecule is Cc1ccc(C)c(C(=O)Nc2nnc(-c3ccc(S(=O)(=O)N(C)C)cc3)o2)c1. The van der Waals surface area contributed by atoms with E-state index in [2.05, 4.69) is 15.5 Å². The Morgan fingerprint density at radius 3 is 2.36 bits per heavy atom. The maximum absolute atomic E-state index is 12.4. The van der Waals surface area contributed by atoms with Gasteiger partial charge in [0.15, 0.2) is 0 Å². The van der Waals surface area contributed by atoms with Crippen LogP contribution in [-0.2, 0) is 10.0 Å². The van der Waals surface area contributed by atoms with Crippen LogP contribution in [0.15, 0.2) is 51.8 Å². The molecule has 0 radical (unpaired) electrons. The monoisotopic (exact) mass is 400 g/mol. The van der Waals surface area contributed by atoms with Crippen LogP contribution in [-0.4, -0.2) is 42.9 Å². The summed E-state index contributed by atoms with van der Waals surface area (Å²) in [4.78, 5) is 12.6. The Morgan fingerprint density at radius 1 is 1.04 bits per heavy atom. The van der Waals surface area contributed by atoms with Crippen molar-refractivity contribution in [1.82, 2.24) is 14.5 Å². The maximum Gasteiger partial charge on any atom is 0.322 e. The van der Waals surface area contributed by atoms with Gasteiger partial charge in [0.1, 0.15) is 0 Å². The van der Waals surface area contributed by atoms with E-state index in [1.807, 2.05) is 26.0 Å². The number of carbonyl (C=O) groups excluding carboxylic acids is 1. The zero-order chi connectivity index (χ0) is 20.5. The smallest absolute Gasteiger partial charge is 0.322 e. The Morgan fingerprint density at radius 2 is 1.71 bits per heavy atom. The number of sulfonamides is 1. The van der Waals surface area contributed by atoms with Gasteiger partial charge in [0.2, 0.25) is 15.9 Å². The standard InChI is InChI=1S/C19H20N4O4S/c1-12-5-6-13(2)16(11-12)17(24)20-19-22-21-18(27-19)14-7-9-15(10-8-14)28(25,26)23(3)4/h5-11H,1-4H3,(H,20,22,24). The van der Waals surface area contributed by atoms with Crippen LogP contribution in [0.1, 0.15) is 21.5 Å². The van der Waals surface area contributed by atoms with Crippen molar-refractivity contribution in [2.24, 2.45) is 0 Å². The van der Waals surface area contributed by atoms with E-state index in [0.29, 0.717) is 11.1 Å². The highest BCUT2D eigenvalue weighted by molar-refractivity contribution is 7.89. The first kappa shape index (κ1) is 19.7. The average molecular weight is 400 g/mol. The van der Waals surface area contributed by atoms with Crippen molar-refractivity contribution >= 4 is 21.9 Å². The molecule has 1 N–H and O–H groups in total. The minimum absolute atomic E-state index is 0.0362. The summed E-state index contributed by atoms with van der Waals surface area (Å²) in [5.41, 5.74) is 2.87. The maximum atomic E-state index is 12.4.